The lowest BCUT2D eigenvalue weighted by Gasteiger charge is -2.39. The van der Waals surface area contributed by atoms with Crippen molar-refractivity contribution in [3.63, 3.8) is 0 Å². The number of thioether (sulfide) groups is 1. The molecule has 6 nitrogen and oxygen atoms in total. The summed E-state index contributed by atoms with van der Waals surface area (Å²) in [6.45, 7) is 4.24. The van der Waals surface area contributed by atoms with Crippen molar-refractivity contribution < 1.29 is 4.79 Å². The lowest BCUT2D eigenvalue weighted by molar-refractivity contribution is -0.134. The molecule has 128 valence electrons. The highest BCUT2D eigenvalue weighted by molar-refractivity contribution is 7.99. The molecule has 1 saturated heterocycles. The standard InChI is InChI=1S/C16H20ClN5OS/c1-11-4-3-5-12(2)21(11)15(23)10-24-16-18-19-20-22(16)14-8-6-13(17)7-9-14/h6-9,11-12H,3-5,10H2,1-2H3/t11-,12+. The summed E-state index contributed by atoms with van der Waals surface area (Å²) < 4.78 is 1.62. The van der Waals surface area contributed by atoms with Crippen LogP contribution >= 0.6 is 23.4 Å². The van der Waals surface area contributed by atoms with E-state index < -0.39 is 0 Å². The van der Waals surface area contributed by atoms with Crippen LogP contribution in [0.5, 0.6) is 0 Å². The number of aromatic nitrogens is 4. The second-order valence-electron chi connectivity index (χ2n) is 6.07. The van der Waals surface area contributed by atoms with Crippen molar-refractivity contribution in [1.29, 1.82) is 0 Å². The molecule has 0 radical (unpaired) electrons. The lowest BCUT2D eigenvalue weighted by atomic mass is 9.98. The molecule has 0 unspecified atom stereocenters. The van der Waals surface area contributed by atoms with Crippen molar-refractivity contribution in [2.24, 2.45) is 0 Å². The minimum atomic E-state index is 0.144. The third-order valence-electron chi connectivity index (χ3n) is 4.32. The molecule has 0 bridgehead atoms. The fraction of sp³-hybridized carbons (Fsp3) is 0.500. The number of amides is 1. The van der Waals surface area contributed by atoms with Gasteiger partial charge in [0.05, 0.1) is 11.4 Å². The Morgan fingerprint density at radius 2 is 1.92 bits per heavy atom. The Morgan fingerprint density at radius 1 is 1.25 bits per heavy atom. The molecule has 0 aliphatic carbocycles. The van der Waals surface area contributed by atoms with Gasteiger partial charge in [0.1, 0.15) is 0 Å². The van der Waals surface area contributed by atoms with Crippen molar-refractivity contribution in [3.05, 3.63) is 29.3 Å². The summed E-state index contributed by atoms with van der Waals surface area (Å²) in [6, 6.07) is 7.87. The average Bonchev–Trinajstić information content (AvgIpc) is 3.02. The highest BCUT2D eigenvalue weighted by Gasteiger charge is 2.29. The molecule has 24 heavy (non-hydrogen) atoms. The highest BCUT2D eigenvalue weighted by Crippen LogP contribution is 2.25. The normalized spacial score (nSPS) is 21.0. The maximum Gasteiger partial charge on any atom is 0.233 e. The van der Waals surface area contributed by atoms with Crippen LogP contribution in [0.2, 0.25) is 5.02 Å². The molecule has 1 aliphatic heterocycles. The maximum absolute atomic E-state index is 12.6. The van der Waals surface area contributed by atoms with Gasteiger partial charge in [0, 0.05) is 17.1 Å². The smallest absolute Gasteiger partial charge is 0.233 e. The number of rotatable bonds is 4. The Kier molecular flexibility index (Phi) is 5.40. The number of halogens is 1. The number of nitrogens with zero attached hydrogens (tertiary/aromatic N) is 5. The first kappa shape index (κ1) is 17.2. The first-order valence-electron chi connectivity index (χ1n) is 8.04. The molecule has 1 aromatic heterocycles. The minimum Gasteiger partial charge on any atom is -0.337 e. The van der Waals surface area contributed by atoms with Crippen LogP contribution < -0.4 is 0 Å². The molecule has 1 fully saturated rings. The molecule has 1 amide bonds. The van der Waals surface area contributed by atoms with E-state index in [1.807, 2.05) is 17.0 Å². The van der Waals surface area contributed by atoms with Gasteiger partial charge < -0.3 is 4.90 Å². The molecule has 8 heteroatoms. The number of carbonyl (C=O) groups is 1. The summed E-state index contributed by atoms with van der Waals surface area (Å²) in [6.07, 6.45) is 3.33. The van der Waals surface area contributed by atoms with Crippen LogP contribution in [0.1, 0.15) is 33.1 Å². The van der Waals surface area contributed by atoms with Crippen molar-refractivity contribution in [1.82, 2.24) is 25.1 Å². The predicted octanol–water partition coefficient (Wildman–Crippen LogP) is 3.20. The number of tetrazole rings is 1. The third kappa shape index (κ3) is 3.72. The Hall–Kier alpha value is -1.60. The molecule has 0 N–H and O–H groups in total. The zero-order chi connectivity index (χ0) is 17.1. The van der Waals surface area contributed by atoms with E-state index in [2.05, 4.69) is 29.4 Å². The van der Waals surface area contributed by atoms with Gasteiger partial charge in [-0.25, -0.2) is 0 Å². The SMILES string of the molecule is C[C@@H]1CCC[C@H](C)N1C(=O)CSc1nnnn1-c1ccc(Cl)cc1. The molecule has 3 rings (SSSR count). The largest absolute Gasteiger partial charge is 0.337 e. The third-order valence-corrected chi connectivity index (χ3v) is 5.47. The second-order valence-corrected chi connectivity index (χ2v) is 7.45. The van der Waals surface area contributed by atoms with Gasteiger partial charge in [-0.1, -0.05) is 23.4 Å². The molecule has 1 aromatic carbocycles. The monoisotopic (exact) mass is 365 g/mol. The van der Waals surface area contributed by atoms with Gasteiger partial charge in [0.25, 0.3) is 0 Å². The number of hydrogen-bond donors (Lipinski definition) is 0. The van der Waals surface area contributed by atoms with Gasteiger partial charge in [-0.3, -0.25) is 4.79 Å². The summed E-state index contributed by atoms with van der Waals surface area (Å²) in [5, 5.41) is 13.0. The van der Waals surface area contributed by atoms with Crippen LogP contribution in [0.4, 0.5) is 0 Å². The van der Waals surface area contributed by atoms with Gasteiger partial charge >= 0.3 is 0 Å². The summed E-state index contributed by atoms with van der Waals surface area (Å²) >= 11 is 7.27. The van der Waals surface area contributed by atoms with Gasteiger partial charge in [-0.15, -0.1) is 5.10 Å². The van der Waals surface area contributed by atoms with Gasteiger partial charge in [-0.2, -0.15) is 4.68 Å². The van der Waals surface area contributed by atoms with E-state index in [4.69, 9.17) is 11.6 Å². The van der Waals surface area contributed by atoms with Gasteiger partial charge in [0.2, 0.25) is 11.1 Å². The molecule has 2 atom stereocenters. The number of hydrogen-bond acceptors (Lipinski definition) is 5. The van der Waals surface area contributed by atoms with Crippen LogP contribution in [0.15, 0.2) is 29.4 Å². The van der Waals surface area contributed by atoms with Crippen molar-refractivity contribution >= 4 is 29.3 Å². The Morgan fingerprint density at radius 3 is 2.58 bits per heavy atom. The Bertz CT molecular complexity index is 695. The Labute approximate surface area is 150 Å². The zero-order valence-corrected chi connectivity index (χ0v) is 15.3. The number of piperidine rings is 1. The van der Waals surface area contributed by atoms with E-state index in [1.165, 1.54) is 18.2 Å². The molecule has 1 aliphatic rings. The molecule has 2 heterocycles. The van der Waals surface area contributed by atoms with Crippen LogP contribution in [0.3, 0.4) is 0 Å². The molecular weight excluding hydrogens is 346 g/mol. The van der Waals surface area contributed by atoms with Crippen molar-refractivity contribution in [2.75, 3.05) is 5.75 Å². The summed E-state index contributed by atoms with van der Waals surface area (Å²) in [7, 11) is 0. The summed E-state index contributed by atoms with van der Waals surface area (Å²) in [5.41, 5.74) is 0.819. The van der Waals surface area contributed by atoms with E-state index in [0.29, 0.717) is 28.0 Å². The second kappa shape index (κ2) is 7.53. The number of carbonyl (C=O) groups excluding carboxylic acids is 1. The fourth-order valence-corrected chi connectivity index (χ4v) is 4.01. The Balaban J connectivity index is 1.68. The predicted molar refractivity (Wildman–Crippen MR) is 94.5 cm³/mol. The van der Waals surface area contributed by atoms with E-state index in [1.54, 1.807) is 16.8 Å². The maximum atomic E-state index is 12.6. The van der Waals surface area contributed by atoms with Gasteiger partial charge in [0.15, 0.2) is 0 Å². The highest BCUT2D eigenvalue weighted by atomic mass is 35.5. The van der Waals surface area contributed by atoms with E-state index in [-0.39, 0.29) is 5.91 Å². The van der Waals surface area contributed by atoms with Crippen LogP contribution in [0, 0.1) is 0 Å². The summed E-state index contributed by atoms with van der Waals surface area (Å²) in [4.78, 5) is 14.6. The van der Waals surface area contributed by atoms with Gasteiger partial charge in [-0.05, 0) is 67.8 Å². The first-order chi connectivity index (χ1) is 11.6. The zero-order valence-electron chi connectivity index (χ0n) is 13.7. The molecule has 0 spiro atoms. The molecular formula is C16H20ClN5OS. The van der Waals surface area contributed by atoms with E-state index in [9.17, 15) is 4.79 Å². The quantitative estimate of drug-likeness (QED) is 0.778. The van der Waals surface area contributed by atoms with Crippen LogP contribution in [-0.2, 0) is 4.79 Å². The fourth-order valence-electron chi connectivity index (χ4n) is 3.13. The topological polar surface area (TPSA) is 63.9 Å². The van der Waals surface area contributed by atoms with Crippen LogP contribution in [0.25, 0.3) is 5.69 Å². The lowest BCUT2D eigenvalue weighted by Crippen LogP contribution is -2.48. The average molecular weight is 366 g/mol. The van der Waals surface area contributed by atoms with Crippen molar-refractivity contribution in [3.8, 4) is 5.69 Å². The minimum absolute atomic E-state index is 0.144. The number of likely N-dealkylation sites (tertiary alicyclic amines) is 1. The first-order valence-corrected chi connectivity index (χ1v) is 9.41. The van der Waals surface area contributed by atoms with E-state index in [0.717, 1.165) is 18.5 Å². The van der Waals surface area contributed by atoms with Crippen LogP contribution in [-0.4, -0.2) is 48.9 Å². The van der Waals surface area contributed by atoms with Crippen molar-refractivity contribution in [2.45, 2.75) is 50.4 Å². The molecule has 2 aromatic rings. The molecule has 0 saturated carbocycles. The van der Waals surface area contributed by atoms with E-state index >= 15 is 0 Å². The number of benzene rings is 1. The summed E-state index contributed by atoms with van der Waals surface area (Å²) in [5.74, 6) is 0.480.